The van der Waals surface area contributed by atoms with Gasteiger partial charge in [-0.25, -0.2) is 4.98 Å². The predicted molar refractivity (Wildman–Crippen MR) is 118 cm³/mol. The first kappa shape index (κ1) is 20.2. The average Bonchev–Trinajstić information content (AvgIpc) is 3.36. The highest BCUT2D eigenvalue weighted by molar-refractivity contribution is 7.99. The van der Waals surface area contributed by atoms with Crippen LogP contribution in [-0.4, -0.2) is 52.9 Å². The van der Waals surface area contributed by atoms with Gasteiger partial charge in [0, 0.05) is 38.3 Å². The zero-order chi connectivity index (χ0) is 19.9. The van der Waals surface area contributed by atoms with Gasteiger partial charge in [-0.1, -0.05) is 30.0 Å². The Bertz CT molecular complexity index is 916. The molecule has 2 aromatic heterocycles. The zero-order valence-corrected chi connectivity index (χ0v) is 17.8. The van der Waals surface area contributed by atoms with Crippen molar-refractivity contribution in [1.82, 2.24) is 20.1 Å². The number of aromatic nitrogens is 3. The Morgan fingerprint density at radius 2 is 1.96 bits per heavy atom. The van der Waals surface area contributed by atoms with Crippen molar-refractivity contribution in [2.75, 3.05) is 31.8 Å². The van der Waals surface area contributed by atoms with Crippen LogP contribution in [0.25, 0.3) is 12.2 Å². The maximum Gasteiger partial charge on any atom is 0.233 e. The molecular weight excluding hydrogens is 390 g/mol. The van der Waals surface area contributed by atoms with Crippen LogP contribution < -0.4 is 4.90 Å². The molecule has 0 bridgehead atoms. The summed E-state index contributed by atoms with van der Waals surface area (Å²) in [6.07, 6.45) is 3.87. The van der Waals surface area contributed by atoms with Crippen molar-refractivity contribution in [3.05, 3.63) is 58.0 Å². The lowest BCUT2D eigenvalue weighted by Gasteiger charge is -2.18. The summed E-state index contributed by atoms with van der Waals surface area (Å²) < 4.78 is 0. The Morgan fingerprint density at radius 3 is 2.64 bits per heavy atom. The molecule has 0 radical (unpaired) electrons. The molecule has 1 N–H and O–H groups in total. The molecule has 2 heterocycles. The standard InChI is InChI=1S/C20H23N5OS2/c1-24(2)16-8-6-15(7-9-16)13-25(3)19(26)14-28-20-21-18(22-23-20)11-10-17-5-4-12-27-17/h4-12H,13-14H2,1-3H3,(H,21,22,23)/b11-10+. The molecule has 3 rings (SSSR count). The number of thiophene rings is 1. The highest BCUT2D eigenvalue weighted by atomic mass is 32.2. The van der Waals surface area contributed by atoms with Gasteiger partial charge in [0.2, 0.25) is 11.1 Å². The number of anilines is 1. The molecule has 0 saturated heterocycles. The van der Waals surface area contributed by atoms with Crippen molar-refractivity contribution in [3.63, 3.8) is 0 Å². The second-order valence-corrected chi connectivity index (χ2v) is 8.37. The van der Waals surface area contributed by atoms with Crippen LogP contribution in [0.2, 0.25) is 0 Å². The van der Waals surface area contributed by atoms with Gasteiger partial charge in [0.05, 0.1) is 5.75 Å². The van der Waals surface area contributed by atoms with Gasteiger partial charge in [-0.05, 0) is 41.3 Å². The van der Waals surface area contributed by atoms with Gasteiger partial charge in [-0.15, -0.1) is 16.4 Å². The van der Waals surface area contributed by atoms with E-state index >= 15 is 0 Å². The number of hydrogen-bond donors (Lipinski definition) is 1. The fourth-order valence-electron chi connectivity index (χ4n) is 2.44. The van der Waals surface area contributed by atoms with Crippen molar-refractivity contribution in [2.45, 2.75) is 11.7 Å². The van der Waals surface area contributed by atoms with E-state index in [1.165, 1.54) is 11.8 Å². The van der Waals surface area contributed by atoms with E-state index in [2.05, 4.69) is 32.2 Å². The monoisotopic (exact) mass is 413 g/mol. The lowest BCUT2D eigenvalue weighted by atomic mass is 10.2. The fraction of sp³-hybridized carbons (Fsp3) is 0.250. The molecule has 0 aliphatic heterocycles. The van der Waals surface area contributed by atoms with Gasteiger partial charge in [-0.3, -0.25) is 9.89 Å². The van der Waals surface area contributed by atoms with Crippen molar-refractivity contribution in [3.8, 4) is 0 Å². The van der Waals surface area contributed by atoms with Crippen LogP contribution in [0.4, 0.5) is 5.69 Å². The number of thioether (sulfide) groups is 1. The number of aromatic amines is 1. The van der Waals surface area contributed by atoms with Gasteiger partial charge in [-0.2, -0.15) is 0 Å². The van der Waals surface area contributed by atoms with Crippen LogP contribution in [0.1, 0.15) is 16.3 Å². The summed E-state index contributed by atoms with van der Waals surface area (Å²) in [6, 6.07) is 12.3. The normalized spacial score (nSPS) is 11.1. The van der Waals surface area contributed by atoms with Crippen molar-refractivity contribution < 1.29 is 4.79 Å². The second kappa shape index (κ2) is 9.57. The third-order valence-corrected chi connectivity index (χ3v) is 5.72. The highest BCUT2D eigenvalue weighted by Crippen LogP contribution is 2.17. The minimum Gasteiger partial charge on any atom is -0.378 e. The molecule has 0 aliphatic carbocycles. The summed E-state index contributed by atoms with van der Waals surface area (Å²) in [7, 11) is 5.83. The molecule has 1 aromatic carbocycles. The number of carbonyl (C=O) groups is 1. The van der Waals surface area contributed by atoms with Crippen LogP contribution in [0.5, 0.6) is 0 Å². The largest absolute Gasteiger partial charge is 0.378 e. The Balaban J connectivity index is 1.48. The van der Waals surface area contributed by atoms with Crippen LogP contribution in [0, 0.1) is 0 Å². The summed E-state index contributed by atoms with van der Waals surface area (Å²) in [5.74, 6) is 1.03. The summed E-state index contributed by atoms with van der Waals surface area (Å²) in [5.41, 5.74) is 2.24. The molecule has 146 valence electrons. The van der Waals surface area contributed by atoms with E-state index < -0.39 is 0 Å². The van der Waals surface area contributed by atoms with Crippen molar-refractivity contribution in [2.24, 2.45) is 0 Å². The summed E-state index contributed by atoms with van der Waals surface area (Å²) in [6.45, 7) is 0.579. The smallest absolute Gasteiger partial charge is 0.233 e. The Hall–Kier alpha value is -2.58. The molecule has 0 fully saturated rings. The maximum atomic E-state index is 12.4. The Kier molecular flexibility index (Phi) is 6.89. The van der Waals surface area contributed by atoms with E-state index in [4.69, 9.17) is 0 Å². The van der Waals surface area contributed by atoms with Gasteiger partial charge >= 0.3 is 0 Å². The Labute approximate surface area is 173 Å². The lowest BCUT2D eigenvalue weighted by molar-refractivity contribution is -0.127. The third-order valence-electron chi connectivity index (χ3n) is 4.05. The number of carbonyl (C=O) groups excluding carboxylic acids is 1. The molecule has 6 nitrogen and oxygen atoms in total. The number of amides is 1. The predicted octanol–water partition coefficient (Wildman–Crippen LogP) is 3.85. The first-order valence-electron chi connectivity index (χ1n) is 8.78. The molecule has 0 unspecified atom stereocenters. The lowest BCUT2D eigenvalue weighted by Crippen LogP contribution is -2.27. The average molecular weight is 414 g/mol. The molecule has 0 saturated carbocycles. The molecule has 1 amide bonds. The molecule has 0 spiro atoms. The zero-order valence-electron chi connectivity index (χ0n) is 16.1. The first-order valence-corrected chi connectivity index (χ1v) is 10.6. The summed E-state index contributed by atoms with van der Waals surface area (Å²) >= 11 is 3.00. The van der Waals surface area contributed by atoms with Crippen LogP contribution in [0.15, 0.2) is 46.9 Å². The van der Waals surface area contributed by atoms with Gasteiger partial charge in [0.1, 0.15) is 5.82 Å². The number of hydrogen-bond acceptors (Lipinski definition) is 6. The number of nitrogens with zero attached hydrogens (tertiary/aromatic N) is 4. The van der Waals surface area contributed by atoms with E-state index in [1.54, 1.807) is 16.2 Å². The SMILES string of the molecule is CN(Cc1ccc(N(C)C)cc1)C(=O)CSc1n[nH]c(/C=C/c2cccs2)n1. The summed E-state index contributed by atoms with van der Waals surface area (Å²) in [5, 5.41) is 9.64. The minimum absolute atomic E-state index is 0.0437. The van der Waals surface area contributed by atoms with Crippen molar-refractivity contribution >= 4 is 46.8 Å². The van der Waals surface area contributed by atoms with E-state index in [-0.39, 0.29) is 5.91 Å². The second-order valence-electron chi connectivity index (χ2n) is 6.45. The number of rotatable bonds is 8. The van der Waals surface area contributed by atoms with E-state index in [1.807, 2.05) is 62.9 Å². The molecule has 28 heavy (non-hydrogen) atoms. The quantitative estimate of drug-likeness (QED) is 0.568. The third kappa shape index (κ3) is 5.71. The van der Waals surface area contributed by atoms with Gasteiger partial charge in [0.15, 0.2) is 0 Å². The minimum atomic E-state index is 0.0437. The highest BCUT2D eigenvalue weighted by Gasteiger charge is 2.12. The van der Waals surface area contributed by atoms with E-state index in [9.17, 15) is 4.79 Å². The molecule has 0 aliphatic rings. The maximum absolute atomic E-state index is 12.4. The molecule has 0 atom stereocenters. The van der Waals surface area contributed by atoms with Gasteiger partial charge < -0.3 is 9.80 Å². The number of H-pyrrole nitrogens is 1. The summed E-state index contributed by atoms with van der Waals surface area (Å²) in [4.78, 5) is 21.7. The topological polar surface area (TPSA) is 65.1 Å². The fourth-order valence-corrected chi connectivity index (χ4v) is 3.81. The van der Waals surface area contributed by atoms with E-state index in [0.29, 0.717) is 23.3 Å². The number of benzene rings is 1. The van der Waals surface area contributed by atoms with Crippen LogP contribution in [0.3, 0.4) is 0 Å². The Morgan fingerprint density at radius 1 is 1.18 bits per heavy atom. The van der Waals surface area contributed by atoms with Crippen LogP contribution in [-0.2, 0) is 11.3 Å². The van der Waals surface area contributed by atoms with Gasteiger partial charge in [0.25, 0.3) is 0 Å². The molecular formula is C20H23N5OS2. The molecule has 3 aromatic rings. The number of nitrogens with one attached hydrogen (secondary N) is 1. The van der Waals surface area contributed by atoms with Crippen molar-refractivity contribution in [1.29, 1.82) is 0 Å². The van der Waals surface area contributed by atoms with Crippen LogP contribution >= 0.6 is 23.1 Å². The molecule has 8 heteroatoms. The first-order chi connectivity index (χ1) is 13.5. The van der Waals surface area contributed by atoms with E-state index in [0.717, 1.165) is 16.1 Å².